The highest BCUT2D eigenvalue weighted by Crippen LogP contribution is 2.68. The van der Waals surface area contributed by atoms with Gasteiger partial charge >= 0.3 is 11.9 Å². The Morgan fingerprint density at radius 2 is 1.95 bits per heavy atom. The number of rotatable bonds is 7. The Kier molecular flexibility index (Phi) is 9.20. The number of nitrogens with zero attached hydrogens (tertiary/aromatic N) is 1. The van der Waals surface area contributed by atoms with Gasteiger partial charge in [-0.2, -0.15) is 0 Å². The number of aliphatic hydroxyl groups excluding tert-OH is 1. The molecule has 0 saturated heterocycles. The van der Waals surface area contributed by atoms with Crippen LogP contribution in [0, 0.1) is 34.0 Å². The summed E-state index contributed by atoms with van der Waals surface area (Å²) in [5.74, 6) is -0.679. The van der Waals surface area contributed by atoms with Crippen LogP contribution >= 0.6 is 11.8 Å². The van der Waals surface area contributed by atoms with Crippen molar-refractivity contribution in [3.05, 3.63) is 23.9 Å². The lowest BCUT2D eigenvalue weighted by molar-refractivity contribution is -0.205. The molecule has 0 amide bonds. The number of nitrogens with one attached hydrogen (secondary N) is 1. The number of aliphatic imine (C=N–C) groups is 1. The first-order valence-corrected chi connectivity index (χ1v) is 16.1. The van der Waals surface area contributed by atoms with E-state index in [1.165, 1.54) is 18.9 Å². The van der Waals surface area contributed by atoms with Crippen molar-refractivity contribution < 1.29 is 29.0 Å². The van der Waals surface area contributed by atoms with Gasteiger partial charge in [-0.1, -0.05) is 58.9 Å². The van der Waals surface area contributed by atoms with Gasteiger partial charge in [-0.3, -0.25) is 14.6 Å². The number of ether oxygens (including phenoxy) is 2. The van der Waals surface area contributed by atoms with Gasteiger partial charge in [0, 0.05) is 28.9 Å². The van der Waals surface area contributed by atoms with Gasteiger partial charge in [0.2, 0.25) is 0 Å². The Hall–Kier alpha value is -2.13. The molecule has 228 valence electrons. The van der Waals surface area contributed by atoms with Gasteiger partial charge in [0.25, 0.3) is 0 Å². The van der Waals surface area contributed by atoms with Gasteiger partial charge in [-0.05, 0) is 56.3 Å². The third-order valence-electron chi connectivity index (χ3n) is 11.1. The Morgan fingerprint density at radius 1 is 1.24 bits per heavy atom. The van der Waals surface area contributed by atoms with Crippen LogP contribution < -0.4 is 5.32 Å². The quantitative estimate of drug-likeness (QED) is 0.308. The minimum Gasteiger partial charge on any atom is -0.466 e. The highest BCUT2D eigenvalue weighted by Gasteiger charge is 2.68. The third-order valence-corrected chi connectivity index (χ3v) is 12.0. The van der Waals surface area contributed by atoms with E-state index in [1.807, 2.05) is 26.8 Å². The standard InChI is InChI=1S/C32H48N2O6S/c1-9-11-21-25(28(38)39-8)20(5)33-29(34-21)41-17-24(36)40-23-16-30(6,10-2)27(37)19(4)32-14-12-18(3)31(23,7)26(32)22(35)13-15-32/h10,18-20,23,26-27,37H,2,9,11-17H2,1,3-8H3,(H,33,34)/t18-,19+,20?,23-,26+,27+,30-,31+,32+/m1/s1. The Balaban J connectivity index is 1.58. The fourth-order valence-corrected chi connectivity index (χ4v) is 9.22. The summed E-state index contributed by atoms with van der Waals surface area (Å²) >= 11 is 1.25. The van der Waals surface area contributed by atoms with Crippen LogP contribution in [0.15, 0.2) is 28.9 Å². The second-order valence-corrected chi connectivity index (χ2v) is 14.2. The molecule has 3 aliphatic carbocycles. The SMILES string of the molecule is C=C[C@]1(C)C[C@@H](OC(=O)CSC2=NC(C)C(C(=O)OC)=C(CCC)N2)[C@]2(C)[C@H](C)CC[C@]3(CCC(=O)[C@H]32)[C@@H](C)[C@@H]1O. The first kappa shape index (κ1) is 31.8. The van der Waals surface area contributed by atoms with E-state index in [0.29, 0.717) is 30.0 Å². The zero-order valence-electron chi connectivity index (χ0n) is 25.7. The summed E-state index contributed by atoms with van der Waals surface area (Å²) in [5, 5.41) is 15.5. The Bertz CT molecular complexity index is 1150. The number of carbonyl (C=O) groups is 3. The van der Waals surface area contributed by atoms with Gasteiger partial charge in [-0.15, -0.1) is 6.58 Å². The first-order valence-electron chi connectivity index (χ1n) is 15.1. The molecule has 4 aliphatic rings. The summed E-state index contributed by atoms with van der Waals surface area (Å²) in [6.45, 7) is 16.4. The molecule has 9 atom stereocenters. The second-order valence-electron chi connectivity index (χ2n) is 13.2. The second kappa shape index (κ2) is 11.9. The molecule has 2 bridgehead atoms. The zero-order chi connectivity index (χ0) is 30.3. The number of thioether (sulfide) groups is 1. The van der Waals surface area contributed by atoms with Crippen molar-refractivity contribution in [2.75, 3.05) is 12.9 Å². The van der Waals surface area contributed by atoms with Crippen molar-refractivity contribution >= 4 is 34.7 Å². The lowest BCUT2D eigenvalue weighted by Crippen LogP contribution is -2.63. The number of hydrogen-bond donors (Lipinski definition) is 2. The van der Waals surface area contributed by atoms with E-state index >= 15 is 0 Å². The molecular formula is C32H48N2O6S. The molecular weight excluding hydrogens is 540 g/mol. The predicted molar refractivity (Wildman–Crippen MR) is 161 cm³/mol. The molecule has 2 N–H and O–H groups in total. The van der Waals surface area contributed by atoms with Gasteiger partial charge in [0.1, 0.15) is 11.9 Å². The fraction of sp³-hybridized carbons (Fsp3) is 0.750. The topological polar surface area (TPSA) is 114 Å². The van der Waals surface area contributed by atoms with Crippen molar-refractivity contribution in [3.8, 4) is 0 Å². The number of Topliss-reactive ketones (excluding diaryl/α,β-unsaturated/α-hetero) is 1. The molecule has 0 radical (unpaired) electrons. The van der Waals surface area contributed by atoms with Crippen molar-refractivity contribution in [3.63, 3.8) is 0 Å². The van der Waals surface area contributed by atoms with Crippen LogP contribution in [0.5, 0.6) is 0 Å². The number of methoxy groups -OCH3 is 1. The monoisotopic (exact) mass is 588 g/mol. The van der Waals surface area contributed by atoms with Gasteiger partial charge in [0.15, 0.2) is 5.17 Å². The first-order chi connectivity index (χ1) is 19.3. The van der Waals surface area contributed by atoms with Crippen LogP contribution in [-0.2, 0) is 23.9 Å². The van der Waals surface area contributed by atoms with Crippen LogP contribution in [-0.4, -0.2) is 59.1 Å². The van der Waals surface area contributed by atoms with Crippen LogP contribution in [0.2, 0.25) is 0 Å². The van der Waals surface area contributed by atoms with Crippen LogP contribution in [0.3, 0.4) is 0 Å². The number of esters is 2. The summed E-state index contributed by atoms with van der Waals surface area (Å²) in [6, 6.07) is -0.394. The molecule has 3 fully saturated rings. The molecule has 1 heterocycles. The predicted octanol–water partition coefficient (Wildman–Crippen LogP) is 5.20. The minimum absolute atomic E-state index is 0.0278. The summed E-state index contributed by atoms with van der Waals surface area (Å²) < 4.78 is 11.3. The van der Waals surface area contributed by atoms with Crippen LogP contribution in [0.4, 0.5) is 0 Å². The normalized spacial score (nSPS) is 40.5. The number of aliphatic hydroxyl groups is 1. The molecule has 0 aromatic heterocycles. The highest BCUT2D eigenvalue weighted by molar-refractivity contribution is 8.14. The fourth-order valence-electron chi connectivity index (χ4n) is 8.47. The van der Waals surface area contributed by atoms with E-state index in [0.717, 1.165) is 31.4 Å². The molecule has 0 aromatic carbocycles. The largest absolute Gasteiger partial charge is 0.466 e. The maximum atomic E-state index is 13.6. The third kappa shape index (κ3) is 5.30. The van der Waals surface area contributed by atoms with E-state index in [2.05, 4.69) is 37.7 Å². The van der Waals surface area contributed by atoms with E-state index in [4.69, 9.17) is 9.47 Å². The molecule has 1 aliphatic heterocycles. The highest BCUT2D eigenvalue weighted by atomic mass is 32.2. The van der Waals surface area contributed by atoms with Crippen LogP contribution in [0.1, 0.15) is 86.5 Å². The number of ketones is 1. The van der Waals surface area contributed by atoms with E-state index in [9.17, 15) is 19.5 Å². The molecule has 8 nitrogen and oxygen atoms in total. The summed E-state index contributed by atoms with van der Waals surface area (Å²) in [7, 11) is 1.36. The smallest absolute Gasteiger partial charge is 0.337 e. The van der Waals surface area contributed by atoms with E-state index < -0.39 is 35.0 Å². The van der Waals surface area contributed by atoms with Crippen molar-refractivity contribution in [2.45, 2.75) is 105 Å². The molecule has 1 unspecified atom stereocenters. The Labute approximate surface area is 249 Å². The summed E-state index contributed by atoms with van der Waals surface area (Å²) in [4.78, 5) is 44.0. The average Bonchev–Trinajstić information content (AvgIpc) is 3.30. The Morgan fingerprint density at radius 3 is 2.59 bits per heavy atom. The number of allylic oxidation sites excluding steroid dienone is 1. The molecule has 41 heavy (non-hydrogen) atoms. The lowest BCUT2D eigenvalue weighted by Gasteiger charge is -2.61. The van der Waals surface area contributed by atoms with Crippen LogP contribution in [0.25, 0.3) is 0 Å². The van der Waals surface area contributed by atoms with E-state index in [-0.39, 0.29) is 40.7 Å². The zero-order valence-corrected chi connectivity index (χ0v) is 26.6. The maximum absolute atomic E-state index is 13.6. The molecule has 9 heteroatoms. The average molecular weight is 589 g/mol. The van der Waals surface area contributed by atoms with Gasteiger partial charge in [-0.25, -0.2) is 4.79 Å². The summed E-state index contributed by atoms with van der Waals surface area (Å²) in [6.07, 6.45) is 5.57. The van der Waals surface area contributed by atoms with E-state index in [1.54, 1.807) is 0 Å². The van der Waals surface area contributed by atoms with Gasteiger partial charge in [0.05, 0.1) is 30.6 Å². The number of amidine groups is 1. The molecule has 0 spiro atoms. The molecule has 3 saturated carbocycles. The lowest BCUT2D eigenvalue weighted by atomic mass is 9.44. The van der Waals surface area contributed by atoms with Crippen molar-refractivity contribution in [2.24, 2.45) is 39.0 Å². The minimum atomic E-state index is -0.697. The number of hydrogen-bond acceptors (Lipinski definition) is 9. The van der Waals surface area contributed by atoms with Crippen molar-refractivity contribution in [1.82, 2.24) is 5.32 Å². The molecule has 4 rings (SSSR count). The number of carbonyl (C=O) groups excluding carboxylic acids is 3. The summed E-state index contributed by atoms with van der Waals surface area (Å²) in [5.41, 5.74) is -0.253. The maximum Gasteiger partial charge on any atom is 0.337 e. The molecule has 0 aromatic rings. The van der Waals surface area contributed by atoms with Gasteiger partial charge < -0.3 is 19.9 Å². The van der Waals surface area contributed by atoms with Crippen molar-refractivity contribution in [1.29, 1.82) is 0 Å².